The van der Waals surface area contributed by atoms with Gasteiger partial charge in [0.05, 0.1) is 5.92 Å². The molecule has 1 aliphatic rings. The molecule has 18 heavy (non-hydrogen) atoms. The summed E-state index contributed by atoms with van der Waals surface area (Å²) < 4.78 is 0. The van der Waals surface area contributed by atoms with E-state index in [4.69, 9.17) is 4.84 Å². The molecule has 5 heteroatoms. The number of hydrogen-bond acceptors (Lipinski definition) is 4. The molecule has 1 aliphatic heterocycles. The minimum Gasteiger partial charge on any atom is -0.481 e. The van der Waals surface area contributed by atoms with Crippen LogP contribution in [0.3, 0.4) is 0 Å². The number of carbonyl (C=O) groups excluding carboxylic acids is 1. The van der Waals surface area contributed by atoms with Crippen LogP contribution in [0.4, 0.5) is 0 Å². The van der Waals surface area contributed by atoms with Crippen LogP contribution in [-0.2, 0) is 9.59 Å². The fourth-order valence-electron chi connectivity index (χ4n) is 1.94. The monoisotopic (exact) mass is 247 g/mol. The fraction of sp³-hybridized carbons (Fsp3) is 0.231. The van der Waals surface area contributed by atoms with Crippen LogP contribution in [0.15, 0.2) is 24.4 Å². The van der Waals surface area contributed by atoms with Crippen LogP contribution < -0.4 is 10.3 Å². The summed E-state index contributed by atoms with van der Waals surface area (Å²) in [5.74, 6) is -1.91. The summed E-state index contributed by atoms with van der Waals surface area (Å²) in [7, 11) is 0. The topological polar surface area (TPSA) is 75.6 Å². The van der Waals surface area contributed by atoms with Gasteiger partial charge in [-0.15, -0.1) is 0 Å². The van der Waals surface area contributed by atoms with Gasteiger partial charge in [0.2, 0.25) is 0 Å². The van der Waals surface area contributed by atoms with Gasteiger partial charge in [0.25, 0.3) is 0 Å². The van der Waals surface area contributed by atoms with Crippen molar-refractivity contribution < 1.29 is 19.5 Å². The van der Waals surface area contributed by atoms with Gasteiger partial charge in [-0.3, -0.25) is 4.79 Å². The van der Waals surface area contributed by atoms with E-state index >= 15 is 0 Å². The second-order valence-corrected chi connectivity index (χ2v) is 4.16. The zero-order valence-electron chi connectivity index (χ0n) is 9.79. The van der Waals surface area contributed by atoms with E-state index in [9.17, 15) is 14.7 Å². The van der Waals surface area contributed by atoms with E-state index in [2.05, 4.69) is 5.48 Å². The standard InChI is InChI=1S/C13H13NO4/c1-8(7-15)12(13(16)17)10-3-2-9-4-5-14-18-11(9)6-10/h2-8,12,14H,1H3,(H,16,17). The smallest absolute Gasteiger partial charge is 0.311 e. The minimum absolute atomic E-state index is 0.554. The van der Waals surface area contributed by atoms with Crippen LogP contribution in [0.1, 0.15) is 24.0 Å². The Hall–Kier alpha value is -2.30. The number of carbonyl (C=O) groups is 2. The summed E-state index contributed by atoms with van der Waals surface area (Å²) in [6.07, 6.45) is 4.11. The van der Waals surface area contributed by atoms with Crippen LogP contribution in [0.2, 0.25) is 0 Å². The summed E-state index contributed by atoms with van der Waals surface area (Å²) in [6, 6.07) is 5.12. The predicted octanol–water partition coefficient (Wildman–Crippen LogP) is 1.56. The van der Waals surface area contributed by atoms with Gasteiger partial charge in [0, 0.05) is 17.7 Å². The first-order valence-electron chi connectivity index (χ1n) is 5.54. The number of fused-ring (bicyclic) bond motifs is 1. The number of rotatable bonds is 4. The zero-order valence-corrected chi connectivity index (χ0v) is 9.79. The number of nitrogens with one attached hydrogen (secondary N) is 1. The lowest BCUT2D eigenvalue weighted by molar-refractivity contribution is -0.141. The summed E-state index contributed by atoms with van der Waals surface area (Å²) in [5, 5.41) is 9.20. The average Bonchev–Trinajstić information content (AvgIpc) is 2.38. The van der Waals surface area contributed by atoms with Gasteiger partial charge in [-0.2, -0.15) is 0 Å². The van der Waals surface area contributed by atoms with E-state index in [1.807, 2.05) is 6.08 Å². The van der Waals surface area contributed by atoms with E-state index in [1.54, 1.807) is 31.3 Å². The normalized spacial score (nSPS) is 15.8. The van der Waals surface area contributed by atoms with Gasteiger partial charge in [-0.1, -0.05) is 19.1 Å². The highest BCUT2D eigenvalue weighted by Gasteiger charge is 2.27. The van der Waals surface area contributed by atoms with Crippen molar-refractivity contribution in [1.82, 2.24) is 5.48 Å². The molecule has 0 spiro atoms. The number of hydrogen-bond donors (Lipinski definition) is 2. The molecule has 0 fully saturated rings. The third-order valence-corrected chi connectivity index (χ3v) is 2.90. The van der Waals surface area contributed by atoms with E-state index < -0.39 is 17.8 Å². The van der Waals surface area contributed by atoms with Crippen molar-refractivity contribution in [1.29, 1.82) is 0 Å². The summed E-state index contributed by atoms with van der Waals surface area (Å²) in [5.41, 5.74) is 4.00. The molecule has 0 saturated carbocycles. The first-order valence-corrected chi connectivity index (χ1v) is 5.54. The molecule has 0 aliphatic carbocycles. The largest absolute Gasteiger partial charge is 0.481 e. The van der Waals surface area contributed by atoms with Gasteiger partial charge in [-0.25, -0.2) is 5.48 Å². The molecule has 0 bridgehead atoms. The van der Waals surface area contributed by atoms with Gasteiger partial charge in [-0.05, 0) is 17.7 Å². The highest BCUT2D eigenvalue weighted by Crippen LogP contribution is 2.30. The van der Waals surface area contributed by atoms with Crippen molar-refractivity contribution in [2.75, 3.05) is 0 Å². The van der Waals surface area contributed by atoms with Crippen molar-refractivity contribution in [2.24, 2.45) is 5.92 Å². The Labute approximate surface area is 104 Å². The molecule has 0 aromatic heterocycles. The molecule has 2 N–H and O–H groups in total. The van der Waals surface area contributed by atoms with E-state index in [1.165, 1.54) is 0 Å². The number of hydroxylamine groups is 1. The van der Waals surface area contributed by atoms with Crippen LogP contribution in [0.5, 0.6) is 5.75 Å². The molecule has 2 atom stereocenters. The summed E-state index contributed by atoms with van der Waals surface area (Å²) in [4.78, 5) is 27.2. The van der Waals surface area contributed by atoms with Crippen molar-refractivity contribution in [3.8, 4) is 5.75 Å². The van der Waals surface area contributed by atoms with E-state index in [-0.39, 0.29) is 0 Å². The lowest BCUT2D eigenvalue weighted by atomic mass is 9.87. The summed E-state index contributed by atoms with van der Waals surface area (Å²) >= 11 is 0. The Morgan fingerprint density at radius 3 is 2.94 bits per heavy atom. The third kappa shape index (κ3) is 2.20. The number of benzene rings is 1. The molecular formula is C13H13NO4. The number of carboxylic acid groups (broad SMARTS) is 1. The molecule has 1 aromatic carbocycles. The maximum absolute atomic E-state index is 11.2. The van der Waals surface area contributed by atoms with Crippen molar-refractivity contribution in [2.45, 2.75) is 12.8 Å². The van der Waals surface area contributed by atoms with Gasteiger partial charge in [0.15, 0.2) is 5.75 Å². The van der Waals surface area contributed by atoms with Crippen molar-refractivity contribution in [3.63, 3.8) is 0 Å². The lowest BCUT2D eigenvalue weighted by Crippen LogP contribution is -2.21. The summed E-state index contributed by atoms with van der Waals surface area (Å²) in [6.45, 7) is 1.59. The van der Waals surface area contributed by atoms with Crippen LogP contribution in [0, 0.1) is 5.92 Å². The zero-order chi connectivity index (χ0) is 13.1. The van der Waals surface area contributed by atoms with E-state index in [0.29, 0.717) is 17.6 Å². The van der Waals surface area contributed by atoms with E-state index in [0.717, 1.165) is 5.56 Å². The van der Waals surface area contributed by atoms with Gasteiger partial charge < -0.3 is 14.7 Å². The molecule has 94 valence electrons. The second kappa shape index (κ2) is 4.91. The quantitative estimate of drug-likeness (QED) is 0.790. The number of carboxylic acids is 1. The van der Waals surface area contributed by atoms with Crippen molar-refractivity contribution in [3.05, 3.63) is 35.5 Å². The average molecular weight is 247 g/mol. The molecular weight excluding hydrogens is 234 g/mol. The molecule has 2 unspecified atom stereocenters. The molecule has 2 rings (SSSR count). The highest BCUT2D eigenvalue weighted by molar-refractivity contribution is 5.81. The van der Waals surface area contributed by atoms with Crippen LogP contribution in [-0.4, -0.2) is 17.4 Å². The Balaban J connectivity index is 2.40. The SMILES string of the molecule is CC(C=O)C(C(=O)O)c1ccc2c(c1)ONC=C2. The van der Waals surface area contributed by atoms with Gasteiger partial charge >= 0.3 is 5.97 Å². The Morgan fingerprint density at radius 1 is 1.50 bits per heavy atom. The Kier molecular flexibility index (Phi) is 3.32. The molecule has 1 heterocycles. The van der Waals surface area contributed by atoms with Gasteiger partial charge in [0.1, 0.15) is 6.29 Å². The number of aldehydes is 1. The van der Waals surface area contributed by atoms with Crippen molar-refractivity contribution >= 4 is 18.3 Å². The highest BCUT2D eigenvalue weighted by atomic mass is 16.6. The third-order valence-electron chi connectivity index (χ3n) is 2.90. The first-order chi connectivity index (χ1) is 8.63. The predicted molar refractivity (Wildman–Crippen MR) is 64.8 cm³/mol. The number of aliphatic carboxylic acids is 1. The molecule has 0 radical (unpaired) electrons. The Bertz CT molecular complexity index is 510. The second-order valence-electron chi connectivity index (χ2n) is 4.16. The maximum atomic E-state index is 11.2. The minimum atomic E-state index is -1.02. The molecule has 0 amide bonds. The maximum Gasteiger partial charge on any atom is 0.311 e. The van der Waals surface area contributed by atoms with Crippen LogP contribution in [0.25, 0.3) is 6.08 Å². The lowest BCUT2D eigenvalue weighted by Gasteiger charge is -2.19. The Morgan fingerprint density at radius 2 is 2.28 bits per heavy atom. The molecule has 5 nitrogen and oxygen atoms in total. The van der Waals surface area contributed by atoms with Crippen LogP contribution >= 0.6 is 0 Å². The first kappa shape index (κ1) is 12.2. The molecule has 0 saturated heterocycles. The fourth-order valence-corrected chi connectivity index (χ4v) is 1.94. The molecule has 1 aromatic rings.